The molecule has 1 aromatic carbocycles. The summed E-state index contributed by atoms with van der Waals surface area (Å²) in [6.07, 6.45) is 1.65. The fourth-order valence-corrected chi connectivity index (χ4v) is 4.77. The van der Waals surface area contributed by atoms with Crippen LogP contribution in [0, 0.1) is 17.0 Å². The van der Waals surface area contributed by atoms with Crippen molar-refractivity contribution in [1.82, 2.24) is 19.5 Å². The van der Waals surface area contributed by atoms with E-state index in [1.165, 1.54) is 18.5 Å². The van der Waals surface area contributed by atoms with Crippen LogP contribution in [0.5, 0.6) is 5.75 Å². The van der Waals surface area contributed by atoms with E-state index >= 15 is 0 Å². The Labute approximate surface area is 182 Å². The molecule has 1 saturated heterocycles. The number of hydrogen-bond donors (Lipinski definition) is 1. The van der Waals surface area contributed by atoms with Crippen LogP contribution in [0.2, 0.25) is 0 Å². The van der Waals surface area contributed by atoms with Crippen molar-refractivity contribution in [2.75, 3.05) is 20.2 Å². The van der Waals surface area contributed by atoms with Gasteiger partial charge in [0.1, 0.15) is 29.6 Å². The number of nitrogens with zero attached hydrogens (tertiary/aromatic N) is 5. The maximum atomic E-state index is 13.5. The van der Waals surface area contributed by atoms with Crippen molar-refractivity contribution >= 4 is 11.6 Å². The summed E-state index contributed by atoms with van der Waals surface area (Å²) in [7, 11) is 1.56. The molecule has 0 radical (unpaired) electrons. The molecular weight excluding hydrogens is 418 g/mol. The summed E-state index contributed by atoms with van der Waals surface area (Å²) in [5.41, 5.74) is 0.808. The molecule has 4 heterocycles. The van der Waals surface area contributed by atoms with Gasteiger partial charge in [-0.2, -0.15) is 0 Å². The van der Waals surface area contributed by atoms with Gasteiger partial charge in [-0.1, -0.05) is 17.3 Å². The Bertz CT molecular complexity index is 1200. The number of nitro groups is 1. The van der Waals surface area contributed by atoms with Crippen molar-refractivity contribution in [2.45, 2.75) is 25.4 Å². The Morgan fingerprint density at radius 2 is 2.06 bits per heavy atom. The highest BCUT2D eigenvalue weighted by atomic mass is 16.6. The molecule has 0 aliphatic carbocycles. The normalized spacial score (nSPS) is 21.3. The van der Waals surface area contributed by atoms with Gasteiger partial charge in [-0.05, 0) is 24.6 Å². The van der Waals surface area contributed by atoms with Crippen LogP contribution in [0.1, 0.15) is 33.5 Å². The summed E-state index contributed by atoms with van der Waals surface area (Å²) in [5, 5.41) is 26.5. The molecule has 0 spiro atoms. The first-order chi connectivity index (χ1) is 15.4. The predicted molar refractivity (Wildman–Crippen MR) is 110 cm³/mol. The number of methoxy groups -OCH3 is 1. The van der Waals surface area contributed by atoms with Gasteiger partial charge in [0.05, 0.1) is 36.0 Å². The fourth-order valence-electron chi connectivity index (χ4n) is 4.77. The third-order valence-corrected chi connectivity index (χ3v) is 6.35. The van der Waals surface area contributed by atoms with Gasteiger partial charge in [0.25, 0.3) is 11.6 Å². The quantitative estimate of drug-likeness (QED) is 0.473. The van der Waals surface area contributed by atoms with Crippen LogP contribution in [0.4, 0.5) is 5.69 Å². The van der Waals surface area contributed by atoms with Crippen LogP contribution in [0.15, 0.2) is 47.3 Å². The maximum Gasteiger partial charge on any atom is 0.287 e. The summed E-state index contributed by atoms with van der Waals surface area (Å²) < 4.78 is 11.9. The number of carbonyl (C=O) groups is 1. The van der Waals surface area contributed by atoms with Crippen molar-refractivity contribution in [2.24, 2.45) is 0 Å². The van der Waals surface area contributed by atoms with Gasteiger partial charge in [-0.25, -0.2) is 4.90 Å². The molecule has 11 heteroatoms. The summed E-state index contributed by atoms with van der Waals surface area (Å²) in [6.45, 7) is 2.66. The molecule has 166 valence electrons. The van der Waals surface area contributed by atoms with Crippen molar-refractivity contribution in [3.05, 3.63) is 75.4 Å². The van der Waals surface area contributed by atoms with Crippen LogP contribution < -0.4 is 4.74 Å². The minimum atomic E-state index is -1.10. The maximum absolute atomic E-state index is 13.5. The van der Waals surface area contributed by atoms with Gasteiger partial charge in [0.15, 0.2) is 0 Å². The van der Waals surface area contributed by atoms with Crippen LogP contribution in [0.25, 0.3) is 0 Å². The lowest BCUT2D eigenvalue weighted by atomic mass is 9.93. The van der Waals surface area contributed by atoms with Gasteiger partial charge in [-0.3, -0.25) is 14.9 Å². The van der Waals surface area contributed by atoms with Crippen LogP contribution in [-0.2, 0) is 12.2 Å². The second-order valence-corrected chi connectivity index (χ2v) is 7.89. The minimum absolute atomic E-state index is 0.151. The van der Waals surface area contributed by atoms with Crippen molar-refractivity contribution < 1.29 is 24.1 Å². The van der Waals surface area contributed by atoms with E-state index in [9.17, 15) is 20.0 Å². The number of carbonyl (C=O) groups excluding carboxylic acids is 1. The third-order valence-electron chi connectivity index (χ3n) is 6.35. The van der Waals surface area contributed by atoms with Gasteiger partial charge >= 0.3 is 0 Å². The van der Waals surface area contributed by atoms with Gasteiger partial charge < -0.3 is 23.8 Å². The largest absolute Gasteiger partial charge is 0.497 e. The monoisotopic (exact) mass is 439 g/mol. The molecule has 1 amide bonds. The van der Waals surface area contributed by atoms with Gasteiger partial charge in [-0.15, -0.1) is 0 Å². The van der Waals surface area contributed by atoms with Crippen LogP contribution in [-0.4, -0.2) is 55.7 Å². The van der Waals surface area contributed by atoms with E-state index in [1.54, 1.807) is 40.5 Å². The summed E-state index contributed by atoms with van der Waals surface area (Å²) in [5.74, 6) is 0.313. The van der Waals surface area contributed by atoms with E-state index in [-0.39, 0.29) is 23.8 Å². The molecule has 3 aromatic rings. The number of rotatable bonds is 5. The lowest BCUT2D eigenvalue weighted by molar-refractivity contribution is -0.384. The van der Waals surface area contributed by atoms with E-state index in [2.05, 4.69) is 5.16 Å². The molecule has 2 atom stereocenters. The minimum Gasteiger partial charge on any atom is -0.497 e. The Balaban J connectivity index is 1.68. The second kappa shape index (κ2) is 7.18. The number of aliphatic hydroxyl groups excluding tert-OH is 1. The molecule has 2 aliphatic rings. The smallest absolute Gasteiger partial charge is 0.287 e. The molecule has 0 saturated carbocycles. The number of amides is 1. The summed E-state index contributed by atoms with van der Waals surface area (Å²) >= 11 is 0. The first-order valence-electron chi connectivity index (χ1n) is 10.0. The Kier molecular flexibility index (Phi) is 4.53. The van der Waals surface area contributed by atoms with Crippen molar-refractivity contribution in [1.29, 1.82) is 0 Å². The molecule has 1 N–H and O–H groups in total. The standard InChI is InChI=1S/C21H21N5O6/c1-13-17(11-32-22-13)19(27)24-7-8-25-20(28)18-9-15(26(29)30)10-23(18)12-21(24,25)14-3-5-16(31-2)6-4-14/h3-6,9-11,19,27H,7-8,12H2,1-2H3. The SMILES string of the molecule is COc1ccc(C23Cn4cc([N+](=O)[O-])cc4C(=O)N2CCN3C(O)c2conc2C)cc1. The van der Waals surface area contributed by atoms with Crippen molar-refractivity contribution in [3.8, 4) is 5.75 Å². The molecule has 1 fully saturated rings. The van der Waals surface area contributed by atoms with Gasteiger partial charge in [0.2, 0.25) is 0 Å². The number of fused-ring (bicyclic) bond motifs is 2. The molecule has 11 nitrogen and oxygen atoms in total. The average molecular weight is 439 g/mol. The van der Waals surface area contributed by atoms with E-state index in [1.807, 2.05) is 12.1 Å². The second-order valence-electron chi connectivity index (χ2n) is 7.89. The Morgan fingerprint density at radius 3 is 2.69 bits per heavy atom. The van der Waals surface area contributed by atoms with Crippen LogP contribution >= 0.6 is 0 Å². The number of hydrogen-bond acceptors (Lipinski definition) is 8. The third kappa shape index (κ3) is 2.75. The highest BCUT2D eigenvalue weighted by Gasteiger charge is 2.56. The lowest BCUT2D eigenvalue weighted by Gasteiger charge is -2.48. The van der Waals surface area contributed by atoms with E-state index in [0.29, 0.717) is 30.1 Å². The zero-order valence-electron chi connectivity index (χ0n) is 17.5. The predicted octanol–water partition coefficient (Wildman–Crippen LogP) is 2.02. The Morgan fingerprint density at radius 1 is 1.31 bits per heavy atom. The average Bonchev–Trinajstić information content (AvgIpc) is 3.50. The number of aromatic nitrogens is 2. The number of ether oxygens (including phenoxy) is 1. The van der Waals surface area contributed by atoms with E-state index in [0.717, 1.165) is 5.56 Å². The van der Waals surface area contributed by atoms with Gasteiger partial charge in [0, 0.05) is 19.2 Å². The van der Waals surface area contributed by atoms with E-state index in [4.69, 9.17) is 9.26 Å². The summed E-state index contributed by atoms with van der Waals surface area (Å²) in [4.78, 5) is 27.8. The first kappa shape index (κ1) is 20.2. The highest BCUT2D eigenvalue weighted by Crippen LogP contribution is 2.47. The topological polar surface area (TPSA) is 127 Å². The Hall–Kier alpha value is -3.70. The van der Waals surface area contributed by atoms with Crippen molar-refractivity contribution in [3.63, 3.8) is 0 Å². The summed E-state index contributed by atoms with van der Waals surface area (Å²) in [6, 6.07) is 8.55. The molecule has 2 aromatic heterocycles. The number of aliphatic hydroxyl groups is 1. The molecule has 0 bridgehead atoms. The zero-order valence-corrected chi connectivity index (χ0v) is 17.5. The highest BCUT2D eigenvalue weighted by molar-refractivity contribution is 5.95. The van der Waals surface area contributed by atoms with Crippen LogP contribution in [0.3, 0.4) is 0 Å². The molecule has 2 aliphatic heterocycles. The van der Waals surface area contributed by atoms with E-state index < -0.39 is 16.8 Å². The first-order valence-corrected chi connectivity index (χ1v) is 10.0. The molecule has 5 rings (SSSR count). The molecule has 2 unspecified atom stereocenters. The lowest BCUT2D eigenvalue weighted by Crippen LogP contribution is -2.59. The fraction of sp³-hybridized carbons (Fsp3) is 0.333. The molecular formula is C21H21N5O6. The number of aryl methyl sites for hydroxylation is 1. The molecule has 32 heavy (non-hydrogen) atoms. The zero-order chi connectivity index (χ0) is 22.6. The number of benzene rings is 1.